The molecule has 0 aliphatic carbocycles. The summed E-state index contributed by atoms with van der Waals surface area (Å²) in [5.74, 6) is -4.18. The molecule has 0 saturated carbocycles. The van der Waals surface area contributed by atoms with Crippen molar-refractivity contribution in [2.45, 2.75) is 50.7 Å². The van der Waals surface area contributed by atoms with Crippen LogP contribution in [0.15, 0.2) is 0 Å². The molecule has 1 aliphatic rings. The summed E-state index contributed by atoms with van der Waals surface area (Å²) < 4.78 is 0. The second-order valence-electron chi connectivity index (χ2n) is 5.98. The summed E-state index contributed by atoms with van der Waals surface area (Å²) in [7, 11) is 0. The fraction of sp³-hybridized carbons (Fsp3) is 0.667. The van der Waals surface area contributed by atoms with Crippen molar-refractivity contribution in [2.24, 2.45) is 0 Å². The van der Waals surface area contributed by atoms with Gasteiger partial charge in [0.2, 0.25) is 17.7 Å². The summed E-state index contributed by atoms with van der Waals surface area (Å²) in [6.45, 7) is 1.44. The quantitative estimate of drug-likeness (QED) is 0.250. The zero-order valence-electron chi connectivity index (χ0n) is 14.4. The van der Waals surface area contributed by atoms with E-state index in [9.17, 15) is 24.0 Å². The van der Waals surface area contributed by atoms with Crippen molar-refractivity contribution in [1.82, 2.24) is 21.3 Å². The van der Waals surface area contributed by atoms with Crippen LogP contribution in [0.25, 0.3) is 0 Å². The Morgan fingerprint density at radius 3 is 2.31 bits per heavy atom. The smallest absolute Gasteiger partial charge is 0.322 e. The average Bonchev–Trinajstić information content (AvgIpc) is 3.10. The Morgan fingerprint density at radius 1 is 1.08 bits per heavy atom. The van der Waals surface area contributed by atoms with E-state index >= 15 is 0 Å². The summed E-state index contributed by atoms with van der Waals surface area (Å²) in [6.07, 6.45) is 0.969. The van der Waals surface area contributed by atoms with Crippen LogP contribution < -0.4 is 21.3 Å². The van der Waals surface area contributed by atoms with Crippen LogP contribution in [0, 0.1) is 0 Å². The predicted molar refractivity (Wildman–Crippen MR) is 88.1 cm³/mol. The third-order valence-corrected chi connectivity index (χ3v) is 3.82. The molecule has 3 atom stereocenters. The first kappa shape index (κ1) is 21.4. The molecule has 3 amide bonds. The average molecular weight is 372 g/mol. The topological polar surface area (TPSA) is 174 Å². The lowest BCUT2D eigenvalue weighted by atomic mass is 10.1. The van der Waals surface area contributed by atoms with Gasteiger partial charge in [-0.05, 0) is 32.7 Å². The lowest BCUT2D eigenvalue weighted by Crippen LogP contribution is -2.55. The first-order valence-electron chi connectivity index (χ1n) is 8.26. The van der Waals surface area contributed by atoms with Gasteiger partial charge in [0, 0.05) is 6.42 Å². The van der Waals surface area contributed by atoms with Crippen LogP contribution in [0.3, 0.4) is 0 Å². The molecule has 11 nitrogen and oxygen atoms in total. The highest BCUT2D eigenvalue weighted by Gasteiger charge is 2.29. The summed E-state index contributed by atoms with van der Waals surface area (Å²) in [4.78, 5) is 57.4. The van der Waals surface area contributed by atoms with Crippen molar-refractivity contribution in [3.63, 3.8) is 0 Å². The number of carboxylic acids is 2. The van der Waals surface area contributed by atoms with Gasteiger partial charge < -0.3 is 31.5 Å². The van der Waals surface area contributed by atoms with Crippen LogP contribution in [-0.4, -0.2) is 71.1 Å². The van der Waals surface area contributed by atoms with Crippen LogP contribution in [-0.2, 0) is 24.0 Å². The lowest BCUT2D eigenvalue weighted by Gasteiger charge is -2.22. The molecule has 1 saturated heterocycles. The Labute approximate surface area is 149 Å². The minimum atomic E-state index is -1.23. The van der Waals surface area contributed by atoms with E-state index in [1.54, 1.807) is 0 Å². The summed E-state index contributed by atoms with van der Waals surface area (Å²) in [6, 6.07) is -2.60. The van der Waals surface area contributed by atoms with Gasteiger partial charge in [-0.25, -0.2) is 0 Å². The van der Waals surface area contributed by atoms with E-state index in [0.29, 0.717) is 13.0 Å². The summed E-state index contributed by atoms with van der Waals surface area (Å²) in [5, 5.41) is 27.3. The van der Waals surface area contributed by atoms with Crippen molar-refractivity contribution < 1.29 is 34.2 Å². The predicted octanol–water partition coefficient (Wildman–Crippen LogP) is -2.21. The molecule has 26 heavy (non-hydrogen) atoms. The Kier molecular flexibility index (Phi) is 8.49. The van der Waals surface area contributed by atoms with Crippen LogP contribution in [0.4, 0.5) is 0 Å². The molecule has 6 N–H and O–H groups in total. The molecular weight excluding hydrogens is 348 g/mol. The van der Waals surface area contributed by atoms with Crippen molar-refractivity contribution in [3.8, 4) is 0 Å². The van der Waals surface area contributed by atoms with Crippen LogP contribution in [0.5, 0.6) is 0 Å². The Balaban J connectivity index is 2.63. The van der Waals surface area contributed by atoms with Crippen molar-refractivity contribution in [3.05, 3.63) is 0 Å². The molecule has 0 spiro atoms. The molecule has 3 unspecified atom stereocenters. The van der Waals surface area contributed by atoms with E-state index in [1.807, 2.05) is 0 Å². The van der Waals surface area contributed by atoms with Gasteiger partial charge in [-0.3, -0.25) is 24.0 Å². The van der Waals surface area contributed by atoms with Crippen LogP contribution in [0.2, 0.25) is 0 Å². The van der Waals surface area contributed by atoms with Crippen molar-refractivity contribution in [2.75, 3.05) is 13.1 Å². The largest absolute Gasteiger partial charge is 0.481 e. The first-order chi connectivity index (χ1) is 12.2. The normalized spacial score (nSPS) is 18.4. The maximum atomic E-state index is 12.3. The Hall–Kier alpha value is -2.69. The minimum Gasteiger partial charge on any atom is -0.481 e. The van der Waals surface area contributed by atoms with Gasteiger partial charge in [0.15, 0.2) is 0 Å². The highest BCUT2D eigenvalue weighted by Crippen LogP contribution is 2.07. The van der Waals surface area contributed by atoms with Gasteiger partial charge in [0.1, 0.15) is 18.6 Å². The molecule has 0 radical (unpaired) electrons. The number of nitrogens with one attached hydrogen (secondary N) is 4. The lowest BCUT2D eigenvalue weighted by molar-refractivity contribution is -0.138. The van der Waals surface area contributed by atoms with Gasteiger partial charge in [0.05, 0.1) is 6.04 Å². The maximum absolute atomic E-state index is 12.3. The number of carbonyl (C=O) groups excluding carboxylic acids is 3. The van der Waals surface area contributed by atoms with Gasteiger partial charge in [0.25, 0.3) is 0 Å². The molecule has 1 rings (SSSR count). The number of aliphatic carboxylic acids is 2. The number of carbonyl (C=O) groups is 5. The first-order valence-corrected chi connectivity index (χ1v) is 8.26. The van der Waals surface area contributed by atoms with E-state index < -0.39 is 54.3 Å². The molecule has 0 aromatic heterocycles. The highest BCUT2D eigenvalue weighted by atomic mass is 16.4. The molecule has 0 aromatic rings. The number of carboxylic acid groups (broad SMARTS) is 2. The zero-order chi connectivity index (χ0) is 19.7. The molecule has 1 aliphatic heterocycles. The second-order valence-corrected chi connectivity index (χ2v) is 5.98. The number of rotatable bonds is 10. The molecule has 0 bridgehead atoms. The monoisotopic (exact) mass is 372 g/mol. The van der Waals surface area contributed by atoms with Gasteiger partial charge >= 0.3 is 11.9 Å². The van der Waals surface area contributed by atoms with Gasteiger partial charge in [-0.2, -0.15) is 0 Å². The fourth-order valence-electron chi connectivity index (χ4n) is 2.41. The Morgan fingerprint density at radius 2 is 1.77 bits per heavy atom. The molecule has 0 aromatic carbocycles. The van der Waals surface area contributed by atoms with Crippen molar-refractivity contribution >= 4 is 29.7 Å². The van der Waals surface area contributed by atoms with E-state index in [4.69, 9.17) is 10.2 Å². The number of hydrogen-bond donors (Lipinski definition) is 6. The maximum Gasteiger partial charge on any atom is 0.322 e. The SMILES string of the molecule is CC(NC(=O)C(CCC(=O)O)NC(=O)C1CCCN1)C(=O)NCC(=O)O. The molecule has 146 valence electrons. The zero-order valence-corrected chi connectivity index (χ0v) is 14.4. The molecule has 1 fully saturated rings. The second kappa shape index (κ2) is 10.3. The van der Waals surface area contributed by atoms with Gasteiger partial charge in [-0.1, -0.05) is 0 Å². The van der Waals surface area contributed by atoms with Crippen LogP contribution >= 0.6 is 0 Å². The minimum absolute atomic E-state index is 0.136. The summed E-state index contributed by atoms with van der Waals surface area (Å²) in [5.41, 5.74) is 0. The van der Waals surface area contributed by atoms with E-state index in [2.05, 4.69) is 21.3 Å². The van der Waals surface area contributed by atoms with E-state index in [0.717, 1.165) is 6.42 Å². The molecule has 11 heteroatoms. The van der Waals surface area contributed by atoms with E-state index in [1.165, 1.54) is 6.92 Å². The van der Waals surface area contributed by atoms with Gasteiger partial charge in [-0.15, -0.1) is 0 Å². The number of hydrogen-bond acceptors (Lipinski definition) is 6. The fourth-order valence-corrected chi connectivity index (χ4v) is 2.41. The third kappa shape index (κ3) is 7.47. The standard InChI is InChI=1S/C15H24N4O7/c1-8(13(24)17-7-12(22)23)18-15(26)10(4-5-11(20)21)19-14(25)9-3-2-6-16-9/h8-10,16H,2-7H2,1H3,(H,17,24)(H,18,26)(H,19,25)(H,20,21)(H,22,23). The van der Waals surface area contributed by atoms with E-state index in [-0.39, 0.29) is 12.8 Å². The highest BCUT2D eigenvalue weighted by molar-refractivity contribution is 5.93. The molecule has 1 heterocycles. The van der Waals surface area contributed by atoms with Crippen molar-refractivity contribution in [1.29, 1.82) is 0 Å². The number of amides is 3. The Bertz CT molecular complexity index is 560. The van der Waals surface area contributed by atoms with Crippen LogP contribution in [0.1, 0.15) is 32.6 Å². The molecular formula is C15H24N4O7. The third-order valence-electron chi connectivity index (χ3n) is 3.82. The summed E-state index contributed by atoms with van der Waals surface area (Å²) >= 11 is 0.